The minimum atomic E-state index is -0.567. The van der Waals surface area contributed by atoms with Gasteiger partial charge >= 0.3 is 0 Å². The first-order valence-corrected chi connectivity index (χ1v) is 7.98. The normalized spacial score (nSPS) is 14.9. The highest BCUT2D eigenvalue weighted by Gasteiger charge is 2.26. The van der Waals surface area contributed by atoms with Crippen molar-refractivity contribution in [3.8, 4) is 5.75 Å². The zero-order chi connectivity index (χ0) is 16.7. The largest absolute Gasteiger partial charge is 0.473 e. The summed E-state index contributed by atoms with van der Waals surface area (Å²) in [4.78, 5) is 0. The summed E-state index contributed by atoms with van der Waals surface area (Å²) in [5.41, 5.74) is 7.12. The minimum Gasteiger partial charge on any atom is -0.473 e. The molecular formula is C19H26N2O2. The average Bonchev–Trinajstić information content (AvgIpc) is 2.55. The number of ether oxygens (including phenoxy) is 1. The van der Waals surface area contributed by atoms with Gasteiger partial charge in [0.1, 0.15) is 5.75 Å². The van der Waals surface area contributed by atoms with Crippen molar-refractivity contribution in [3.63, 3.8) is 0 Å². The van der Waals surface area contributed by atoms with Crippen molar-refractivity contribution in [2.24, 2.45) is 0 Å². The minimum absolute atomic E-state index is 0.430. The molecule has 124 valence electrons. The van der Waals surface area contributed by atoms with Crippen molar-refractivity contribution < 1.29 is 9.84 Å². The molecule has 4 heteroatoms. The Hall–Kier alpha value is -2.04. The van der Waals surface area contributed by atoms with E-state index in [4.69, 9.17) is 10.5 Å². The highest BCUT2D eigenvalue weighted by Crippen LogP contribution is 2.22. The summed E-state index contributed by atoms with van der Waals surface area (Å²) in [6.45, 7) is 4.24. The predicted octanol–water partition coefficient (Wildman–Crippen LogP) is 2.97. The number of aryl methyl sites for hydroxylation is 1. The highest BCUT2D eigenvalue weighted by molar-refractivity contribution is 5.41. The lowest BCUT2D eigenvalue weighted by Crippen LogP contribution is -2.50. The Morgan fingerprint density at radius 1 is 1.13 bits per heavy atom. The Balaban J connectivity index is 2.05. The van der Waals surface area contributed by atoms with Crippen LogP contribution in [0.5, 0.6) is 5.75 Å². The van der Waals surface area contributed by atoms with E-state index in [9.17, 15) is 5.11 Å². The van der Waals surface area contributed by atoms with Gasteiger partial charge in [0.15, 0.2) is 5.72 Å². The van der Waals surface area contributed by atoms with Gasteiger partial charge in [0, 0.05) is 18.7 Å². The first-order valence-electron chi connectivity index (χ1n) is 7.98. The van der Waals surface area contributed by atoms with Crippen molar-refractivity contribution in [3.05, 3.63) is 60.2 Å². The molecule has 0 aliphatic heterocycles. The maximum Gasteiger partial charge on any atom is 0.158 e. The maximum absolute atomic E-state index is 9.57. The third-order valence-corrected chi connectivity index (χ3v) is 3.73. The fourth-order valence-corrected chi connectivity index (χ4v) is 2.36. The lowest BCUT2D eigenvalue weighted by molar-refractivity contribution is 0.0300. The molecule has 4 N–H and O–H groups in total. The zero-order valence-corrected chi connectivity index (χ0v) is 13.8. The number of hydrogen-bond donors (Lipinski definition) is 3. The number of aliphatic hydroxyl groups is 1. The average molecular weight is 314 g/mol. The van der Waals surface area contributed by atoms with Gasteiger partial charge in [-0.1, -0.05) is 30.3 Å². The lowest BCUT2D eigenvalue weighted by Gasteiger charge is -2.32. The Bertz CT molecular complexity index is 584. The van der Waals surface area contributed by atoms with Crippen molar-refractivity contribution in [2.75, 3.05) is 12.3 Å². The van der Waals surface area contributed by atoms with Gasteiger partial charge < -0.3 is 15.6 Å². The topological polar surface area (TPSA) is 67.5 Å². The van der Waals surface area contributed by atoms with Crippen LogP contribution in [0.4, 0.5) is 5.69 Å². The molecule has 0 aromatic heterocycles. The number of nitrogens with two attached hydrogens (primary N) is 1. The number of aliphatic hydroxyl groups excluding tert-OH is 1. The van der Waals surface area contributed by atoms with Crippen LogP contribution in [0.3, 0.4) is 0 Å². The highest BCUT2D eigenvalue weighted by atomic mass is 16.5. The van der Waals surface area contributed by atoms with Crippen LogP contribution in [-0.2, 0) is 6.42 Å². The zero-order valence-electron chi connectivity index (χ0n) is 13.8. The molecule has 2 rings (SSSR count). The van der Waals surface area contributed by atoms with Crippen LogP contribution < -0.4 is 15.8 Å². The van der Waals surface area contributed by atoms with Crippen molar-refractivity contribution in [2.45, 2.75) is 38.5 Å². The van der Waals surface area contributed by atoms with Gasteiger partial charge in [-0.2, -0.15) is 0 Å². The summed E-state index contributed by atoms with van der Waals surface area (Å²) in [6.07, 6.45) is 1.24. The number of benzene rings is 2. The second-order valence-corrected chi connectivity index (χ2v) is 6.12. The van der Waals surface area contributed by atoms with E-state index in [0.717, 1.165) is 18.6 Å². The standard InChI is InChI=1S/C19H26N2O2/c1-15(22)14-21-19(2,13-12-16-6-4-3-5-7-16)23-18-10-8-17(20)9-11-18/h3-11,15,21-22H,12-14,20H2,1-2H3. The van der Waals surface area contributed by atoms with E-state index in [-0.39, 0.29) is 0 Å². The van der Waals surface area contributed by atoms with Crippen LogP contribution in [0.1, 0.15) is 25.8 Å². The van der Waals surface area contributed by atoms with Crippen LogP contribution in [-0.4, -0.2) is 23.5 Å². The number of nitrogen functional groups attached to an aromatic ring is 1. The predicted molar refractivity (Wildman–Crippen MR) is 94.3 cm³/mol. The van der Waals surface area contributed by atoms with Gasteiger partial charge in [0.2, 0.25) is 0 Å². The van der Waals surface area contributed by atoms with Crippen LogP contribution in [0.25, 0.3) is 0 Å². The van der Waals surface area contributed by atoms with Gasteiger partial charge in [-0.25, -0.2) is 0 Å². The number of anilines is 1. The molecular weight excluding hydrogens is 288 g/mol. The van der Waals surface area contributed by atoms with Crippen LogP contribution in [0.15, 0.2) is 54.6 Å². The van der Waals surface area contributed by atoms with E-state index in [2.05, 4.69) is 17.4 Å². The molecule has 0 saturated heterocycles. The Morgan fingerprint density at radius 2 is 1.78 bits per heavy atom. The fraction of sp³-hybridized carbons (Fsp3) is 0.368. The molecule has 0 amide bonds. The van der Waals surface area contributed by atoms with Crippen molar-refractivity contribution in [1.29, 1.82) is 0 Å². The van der Waals surface area contributed by atoms with E-state index >= 15 is 0 Å². The smallest absolute Gasteiger partial charge is 0.158 e. The molecule has 2 unspecified atom stereocenters. The SMILES string of the molecule is CC(O)CNC(C)(CCc1ccccc1)Oc1ccc(N)cc1. The monoisotopic (exact) mass is 314 g/mol. The molecule has 4 nitrogen and oxygen atoms in total. The van der Waals surface area contributed by atoms with Gasteiger partial charge in [-0.05, 0) is 50.1 Å². The molecule has 2 atom stereocenters. The molecule has 0 aliphatic rings. The molecule has 0 fully saturated rings. The summed E-state index contributed by atoms with van der Waals surface area (Å²) in [6, 6.07) is 17.7. The number of rotatable bonds is 8. The van der Waals surface area contributed by atoms with Crippen molar-refractivity contribution in [1.82, 2.24) is 5.32 Å². The molecule has 0 spiro atoms. The third-order valence-electron chi connectivity index (χ3n) is 3.73. The van der Waals surface area contributed by atoms with Gasteiger partial charge in [-0.15, -0.1) is 0 Å². The van der Waals surface area contributed by atoms with Crippen LogP contribution in [0, 0.1) is 0 Å². The molecule has 0 saturated carbocycles. The molecule has 0 radical (unpaired) electrons. The van der Waals surface area contributed by atoms with E-state index < -0.39 is 11.8 Å². The van der Waals surface area contributed by atoms with Gasteiger partial charge in [-0.3, -0.25) is 5.32 Å². The summed E-state index contributed by atoms with van der Waals surface area (Å²) in [5, 5.41) is 12.9. The Labute approximate surface area is 138 Å². The van der Waals surface area contributed by atoms with Crippen LogP contribution >= 0.6 is 0 Å². The Kier molecular flexibility index (Phi) is 6.02. The van der Waals surface area contributed by atoms with E-state index in [1.54, 1.807) is 6.92 Å². The lowest BCUT2D eigenvalue weighted by atomic mass is 10.0. The van der Waals surface area contributed by atoms with Gasteiger partial charge in [0.25, 0.3) is 0 Å². The van der Waals surface area contributed by atoms with Crippen molar-refractivity contribution >= 4 is 5.69 Å². The fourth-order valence-electron chi connectivity index (χ4n) is 2.36. The van der Waals surface area contributed by atoms with E-state index in [0.29, 0.717) is 12.2 Å². The number of hydrogen-bond acceptors (Lipinski definition) is 4. The summed E-state index contributed by atoms with van der Waals surface area (Å²) >= 11 is 0. The number of nitrogens with one attached hydrogen (secondary N) is 1. The molecule has 0 heterocycles. The van der Waals surface area contributed by atoms with Crippen LogP contribution in [0.2, 0.25) is 0 Å². The van der Waals surface area contributed by atoms with E-state index in [1.165, 1.54) is 5.56 Å². The summed E-state index contributed by atoms with van der Waals surface area (Å²) in [5.74, 6) is 0.757. The molecule has 2 aromatic carbocycles. The second-order valence-electron chi connectivity index (χ2n) is 6.12. The molecule has 23 heavy (non-hydrogen) atoms. The first kappa shape index (κ1) is 17.3. The Morgan fingerprint density at radius 3 is 2.39 bits per heavy atom. The second kappa shape index (κ2) is 7.99. The summed E-state index contributed by atoms with van der Waals surface area (Å²) < 4.78 is 6.15. The molecule has 0 aliphatic carbocycles. The third kappa shape index (κ3) is 5.93. The van der Waals surface area contributed by atoms with E-state index in [1.807, 2.05) is 49.4 Å². The van der Waals surface area contributed by atoms with Gasteiger partial charge in [0.05, 0.1) is 6.10 Å². The quantitative estimate of drug-likeness (QED) is 0.518. The molecule has 0 bridgehead atoms. The maximum atomic E-state index is 9.57. The summed E-state index contributed by atoms with van der Waals surface area (Å²) in [7, 11) is 0. The molecule has 2 aromatic rings. The first-order chi connectivity index (χ1) is 11.0.